The molecule has 0 saturated heterocycles. The summed E-state index contributed by atoms with van der Waals surface area (Å²) in [5.41, 5.74) is -0.967. The summed E-state index contributed by atoms with van der Waals surface area (Å²) in [5.74, 6) is 2.23. The summed E-state index contributed by atoms with van der Waals surface area (Å²) in [7, 11) is 0. The average molecular weight is 459 g/mol. The molecule has 0 amide bonds. The van der Waals surface area contributed by atoms with E-state index >= 15 is 0 Å². The standard InChI is InChI=1S/C30H50O3/c1-19(2)10-9-14-30(8,33)20-11-16-29(7)25(20)21(31)18-23-27(5)15-13-24(32)26(3,4)22(27)12-17-28(23,29)6/h19-20,22-23,25,33H,9-18H2,1-8H3/t20-,22-,23+,25-,27-,28+,29+,30+/m0/s1. The summed E-state index contributed by atoms with van der Waals surface area (Å²) in [6.45, 7) is 18.1. The third-order valence-corrected chi connectivity index (χ3v) is 12.2. The number of hydrogen-bond donors (Lipinski definition) is 1. The zero-order valence-corrected chi connectivity index (χ0v) is 22.7. The highest BCUT2D eigenvalue weighted by molar-refractivity contribution is 5.86. The van der Waals surface area contributed by atoms with Gasteiger partial charge in [-0.05, 0) is 85.4 Å². The summed E-state index contributed by atoms with van der Waals surface area (Å²) in [5, 5.41) is 11.6. The summed E-state index contributed by atoms with van der Waals surface area (Å²) in [4.78, 5) is 26.8. The van der Waals surface area contributed by atoms with Gasteiger partial charge in [0.05, 0.1) is 5.60 Å². The molecule has 4 rings (SSSR count). The predicted octanol–water partition coefficient (Wildman–Crippen LogP) is 7.00. The van der Waals surface area contributed by atoms with E-state index in [1.165, 1.54) is 0 Å². The van der Waals surface area contributed by atoms with E-state index in [1.54, 1.807) is 0 Å². The minimum Gasteiger partial charge on any atom is -0.390 e. The maximum absolute atomic E-state index is 14.0. The Balaban J connectivity index is 1.66. The van der Waals surface area contributed by atoms with Gasteiger partial charge in [-0.3, -0.25) is 9.59 Å². The maximum Gasteiger partial charge on any atom is 0.138 e. The molecule has 0 aromatic rings. The molecule has 0 aromatic carbocycles. The van der Waals surface area contributed by atoms with Crippen LogP contribution in [0.1, 0.15) is 120 Å². The van der Waals surface area contributed by atoms with E-state index in [0.717, 1.165) is 51.4 Å². The third-order valence-electron chi connectivity index (χ3n) is 12.2. The van der Waals surface area contributed by atoms with Gasteiger partial charge in [-0.2, -0.15) is 0 Å². The summed E-state index contributed by atoms with van der Waals surface area (Å²) < 4.78 is 0. The highest BCUT2D eigenvalue weighted by Gasteiger charge is 2.71. The average Bonchev–Trinajstić information content (AvgIpc) is 3.08. The zero-order valence-electron chi connectivity index (χ0n) is 22.7. The number of fused-ring (bicyclic) bond motifs is 5. The Morgan fingerprint density at radius 2 is 1.61 bits per heavy atom. The van der Waals surface area contributed by atoms with Crippen molar-refractivity contribution in [3.05, 3.63) is 0 Å². The molecule has 0 aliphatic heterocycles. The second-order valence-corrected chi connectivity index (χ2v) is 14.6. The topological polar surface area (TPSA) is 54.4 Å². The first-order chi connectivity index (χ1) is 15.1. The lowest BCUT2D eigenvalue weighted by molar-refractivity contribution is -0.205. The molecular formula is C30H50O3. The van der Waals surface area contributed by atoms with Crippen LogP contribution in [0.5, 0.6) is 0 Å². The highest BCUT2D eigenvalue weighted by Crippen LogP contribution is 2.74. The monoisotopic (exact) mass is 458 g/mol. The second-order valence-electron chi connectivity index (χ2n) is 14.6. The van der Waals surface area contributed by atoms with E-state index in [-0.39, 0.29) is 33.5 Å². The first kappa shape index (κ1) is 25.4. The molecule has 3 heteroatoms. The quantitative estimate of drug-likeness (QED) is 0.483. The van der Waals surface area contributed by atoms with Gasteiger partial charge in [0.1, 0.15) is 11.6 Å². The molecule has 33 heavy (non-hydrogen) atoms. The molecule has 3 nitrogen and oxygen atoms in total. The maximum atomic E-state index is 14.0. The minimum atomic E-state index is -0.767. The number of carbonyl (C=O) groups is 2. The Labute approximate surface area is 202 Å². The molecule has 4 aliphatic rings. The fraction of sp³-hybridized carbons (Fsp3) is 0.933. The molecule has 4 aliphatic carbocycles. The van der Waals surface area contributed by atoms with Crippen molar-refractivity contribution < 1.29 is 14.7 Å². The van der Waals surface area contributed by atoms with Gasteiger partial charge in [-0.15, -0.1) is 0 Å². The zero-order chi connectivity index (χ0) is 24.6. The molecule has 4 saturated carbocycles. The number of hydrogen-bond acceptors (Lipinski definition) is 3. The molecule has 4 fully saturated rings. The van der Waals surface area contributed by atoms with Crippen LogP contribution in [0.3, 0.4) is 0 Å². The molecular weight excluding hydrogens is 408 g/mol. The van der Waals surface area contributed by atoms with Gasteiger partial charge in [0.25, 0.3) is 0 Å². The van der Waals surface area contributed by atoms with Gasteiger partial charge >= 0.3 is 0 Å². The summed E-state index contributed by atoms with van der Waals surface area (Å²) >= 11 is 0. The van der Waals surface area contributed by atoms with E-state index in [4.69, 9.17) is 0 Å². The molecule has 0 bridgehead atoms. The predicted molar refractivity (Wildman–Crippen MR) is 134 cm³/mol. The smallest absolute Gasteiger partial charge is 0.138 e. The second kappa shape index (κ2) is 7.90. The number of ketones is 2. The van der Waals surface area contributed by atoms with Crippen LogP contribution >= 0.6 is 0 Å². The molecule has 0 unspecified atom stereocenters. The van der Waals surface area contributed by atoms with Gasteiger partial charge in [-0.1, -0.05) is 61.3 Å². The Bertz CT molecular complexity index is 809. The fourth-order valence-electron chi connectivity index (χ4n) is 9.99. The highest BCUT2D eigenvalue weighted by atomic mass is 16.3. The van der Waals surface area contributed by atoms with E-state index < -0.39 is 5.60 Å². The minimum absolute atomic E-state index is 0.0221. The van der Waals surface area contributed by atoms with Crippen molar-refractivity contribution in [2.75, 3.05) is 0 Å². The fourth-order valence-corrected chi connectivity index (χ4v) is 9.99. The summed E-state index contributed by atoms with van der Waals surface area (Å²) in [6, 6.07) is 0. The van der Waals surface area contributed by atoms with Gasteiger partial charge in [0, 0.05) is 24.2 Å². The van der Waals surface area contributed by atoms with Crippen molar-refractivity contribution >= 4 is 11.6 Å². The van der Waals surface area contributed by atoms with Crippen LogP contribution in [0.25, 0.3) is 0 Å². The number of aliphatic hydroxyl groups is 1. The van der Waals surface area contributed by atoms with Crippen LogP contribution in [0.15, 0.2) is 0 Å². The van der Waals surface area contributed by atoms with Crippen LogP contribution in [0.4, 0.5) is 0 Å². The van der Waals surface area contributed by atoms with Gasteiger partial charge in [-0.25, -0.2) is 0 Å². The lowest BCUT2D eigenvalue weighted by atomic mass is 9.35. The Hall–Kier alpha value is -0.700. The Morgan fingerprint density at radius 1 is 0.970 bits per heavy atom. The van der Waals surface area contributed by atoms with Crippen LogP contribution < -0.4 is 0 Å². The molecule has 1 N–H and O–H groups in total. The Kier molecular flexibility index (Phi) is 6.08. The van der Waals surface area contributed by atoms with Crippen molar-refractivity contribution in [1.29, 1.82) is 0 Å². The SMILES string of the molecule is CC(C)CCC[C@@](C)(O)[C@H]1CC[C@]2(C)[C@@H]1C(=O)C[C@@H]1[C@@]3(C)CCC(=O)C(C)(C)[C@@H]3CC[C@]12C. The van der Waals surface area contributed by atoms with E-state index in [9.17, 15) is 14.7 Å². The van der Waals surface area contributed by atoms with E-state index in [1.807, 2.05) is 6.92 Å². The summed E-state index contributed by atoms with van der Waals surface area (Å²) in [6.07, 6.45) is 9.41. The molecule has 0 radical (unpaired) electrons. The largest absolute Gasteiger partial charge is 0.390 e. The lowest BCUT2D eigenvalue weighted by Gasteiger charge is -2.68. The van der Waals surface area contributed by atoms with Crippen molar-refractivity contribution in [2.24, 2.45) is 51.2 Å². The molecule has 188 valence electrons. The van der Waals surface area contributed by atoms with Crippen molar-refractivity contribution in [3.63, 3.8) is 0 Å². The third kappa shape index (κ3) is 3.53. The van der Waals surface area contributed by atoms with Crippen LogP contribution in [0, 0.1) is 51.2 Å². The molecule has 0 aromatic heterocycles. The van der Waals surface area contributed by atoms with Crippen molar-refractivity contribution in [3.8, 4) is 0 Å². The Morgan fingerprint density at radius 3 is 2.24 bits per heavy atom. The first-order valence-electron chi connectivity index (χ1n) is 13.9. The lowest BCUT2D eigenvalue weighted by Crippen LogP contribution is -2.65. The normalized spacial score (nSPS) is 46.5. The van der Waals surface area contributed by atoms with Gasteiger partial charge in [0.15, 0.2) is 0 Å². The number of carbonyl (C=O) groups excluding carboxylic acids is 2. The number of rotatable bonds is 5. The van der Waals surface area contributed by atoms with Crippen LogP contribution in [-0.4, -0.2) is 22.3 Å². The van der Waals surface area contributed by atoms with Crippen molar-refractivity contribution in [1.82, 2.24) is 0 Å². The van der Waals surface area contributed by atoms with Crippen molar-refractivity contribution in [2.45, 2.75) is 125 Å². The van der Waals surface area contributed by atoms with Crippen LogP contribution in [-0.2, 0) is 9.59 Å². The van der Waals surface area contributed by atoms with Gasteiger partial charge in [0.2, 0.25) is 0 Å². The number of Topliss-reactive ketones (excluding diaryl/α,β-unsaturated/α-hetero) is 2. The van der Waals surface area contributed by atoms with E-state index in [2.05, 4.69) is 48.5 Å². The van der Waals surface area contributed by atoms with Crippen LogP contribution in [0.2, 0.25) is 0 Å². The van der Waals surface area contributed by atoms with E-state index in [0.29, 0.717) is 42.2 Å². The van der Waals surface area contributed by atoms with Gasteiger partial charge < -0.3 is 5.11 Å². The first-order valence-corrected chi connectivity index (χ1v) is 13.9. The molecule has 0 spiro atoms. The molecule has 0 heterocycles. The molecule has 8 atom stereocenters.